The van der Waals surface area contributed by atoms with E-state index in [1.54, 1.807) is 6.08 Å². The highest BCUT2D eigenvalue weighted by molar-refractivity contribution is 5.86. The van der Waals surface area contributed by atoms with Crippen LogP contribution in [0.4, 0.5) is 0 Å². The quantitative estimate of drug-likeness (QED) is 0.690. The van der Waals surface area contributed by atoms with Crippen LogP contribution in [-0.2, 0) is 19.0 Å². The number of fused-ring (bicyclic) bond motifs is 6. The Labute approximate surface area is 168 Å². The van der Waals surface area contributed by atoms with Crippen molar-refractivity contribution < 1.29 is 24.1 Å². The Kier molecular flexibility index (Phi) is 4.17. The maximum atomic E-state index is 13.6. The van der Waals surface area contributed by atoms with Gasteiger partial charge in [0, 0.05) is 17.8 Å². The average Bonchev–Trinajstić information content (AvgIpc) is 2.86. The Morgan fingerprint density at radius 3 is 2.36 bits per heavy atom. The van der Waals surface area contributed by atoms with Crippen LogP contribution in [0.15, 0.2) is 12.7 Å². The summed E-state index contributed by atoms with van der Waals surface area (Å²) in [5.41, 5.74) is -2.36. The zero-order valence-corrected chi connectivity index (χ0v) is 18.4. The van der Waals surface area contributed by atoms with Crippen molar-refractivity contribution in [3.63, 3.8) is 0 Å². The first kappa shape index (κ1) is 20.5. The van der Waals surface area contributed by atoms with Crippen LogP contribution in [-0.4, -0.2) is 46.2 Å². The van der Waals surface area contributed by atoms with Gasteiger partial charge in [-0.05, 0) is 46.0 Å². The largest absolute Gasteiger partial charge is 0.393 e. The van der Waals surface area contributed by atoms with Gasteiger partial charge in [-0.15, -0.1) is 6.58 Å². The van der Waals surface area contributed by atoms with Gasteiger partial charge in [-0.1, -0.05) is 26.8 Å². The summed E-state index contributed by atoms with van der Waals surface area (Å²) in [5.74, 6) is -1.09. The zero-order valence-electron chi connectivity index (χ0n) is 18.4. The summed E-state index contributed by atoms with van der Waals surface area (Å²) in [6, 6.07) is 0. The predicted octanol–water partition coefficient (Wildman–Crippen LogP) is 3.63. The Hall–Kier alpha value is -0.750. The second-order valence-corrected chi connectivity index (χ2v) is 11.3. The highest BCUT2D eigenvalue weighted by Gasteiger charge is 2.75. The van der Waals surface area contributed by atoms with Crippen LogP contribution in [0.1, 0.15) is 67.7 Å². The summed E-state index contributed by atoms with van der Waals surface area (Å²) in [6.45, 7) is 18.2. The first-order valence-corrected chi connectivity index (χ1v) is 10.6. The third kappa shape index (κ3) is 2.49. The lowest BCUT2D eigenvalue weighted by molar-refractivity contribution is -0.300. The van der Waals surface area contributed by atoms with E-state index in [1.165, 1.54) is 0 Å². The molecule has 5 nitrogen and oxygen atoms in total. The predicted molar refractivity (Wildman–Crippen MR) is 106 cm³/mol. The van der Waals surface area contributed by atoms with Gasteiger partial charge in [0.05, 0.1) is 23.7 Å². The number of ketones is 1. The van der Waals surface area contributed by atoms with E-state index in [4.69, 9.17) is 14.2 Å². The molecule has 158 valence electrons. The minimum absolute atomic E-state index is 0.00534. The summed E-state index contributed by atoms with van der Waals surface area (Å²) in [4.78, 5) is 13.6. The number of aliphatic hydroxyl groups is 1. The molecule has 0 amide bonds. The molecule has 1 N–H and O–H groups in total. The second-order valence-electron chi connectivity index (χ2n) is 11.3. The van der Waals surface area contributed by atoms with Gasteiger partial charge in [-0.3, -0.25) is 4.79 Å². The van der Waals surface area contributed by atoms with Crippen LogP contribution in [0.5, 0.6) is 0 Å². The van der Waals surface area contributed by atoms with Crippen molar-refractivity contribution >= 4 is 5.78 Å². The standard InChI is InChI=1S/C23H36O5/c1-9-21(6)12-13(24)16-22(7)14(25)10-11-19(2,3)17(22)15-18(23(16,8)28-21)27-20(4,5)26-15/h9,14-18,25H,1,10-12H2,2-8H3/t14-,15+,16-,17+,18+,21+,22-,23+/m1/s1. The number of ether oxygens (including phenoxy) is 3. The van der Waals surface area contributed by atoms with Gasteiger partial charge in [0.25, 0.3) is 0 Å². The lowest BCUT2D eigenvalue weighted by Crippen LogP contribution is -2.76. The molecule has 0 radical (unpaired) electrons. The number of carbonyl (C=O) groups is 1. The fourth-order valence-electron chi connectivity index (χ4n) is 7.34. The van der Waals surface area contributed by atoms with Crippen molar-refractivity contribution in [2.24, 2.45) is 22.7 Å². The highest BCUT2D eigenvalue weighted by Crippen LogP contribution is 2.67. The van der Waals surface area contributed by atoms with Crippen molar-refractivity contribution in [1.82, 2.24) is 0 Å². The SMILES string of the molecule is C=C[C@@]1(C)CC(=O)[C@H]2[C@](C)(O1)[C@H]1OC(C)(C)O[C@H]1[C@H]1C(C)(C)CC[C@@H](O)[C@@]12C. The van der Waals surface area contributed by atoms with Crippen LogP contribution < -0.4 is 0 Å². The molecule has 2 saturated carbocycles. The lowest BCUT2D eigenvalue weighted by atomic mass is 9.42. The molecule has 28 heavy (non-hydrogen) atoms. The summed E-state index contributed by atoms with van der Waals surface area (Å²) in [5, 5.41) is 11.3. The van der Waals surface area contributed by atoms with E-state index in [-0.39, 0.29) is 35.7 Å². The Balaban J connectivity index is 1.94. The molecule has 5 heteroatoms. The third-order valence-electron chi connectivity index (χ3n) is 8.24. The molecule has 4 fully saturated rings. The summed E-state index contributed by atoms with van der Waals surface area (Å²) >= 11 is 0. The Morgan fingerprint density at radius 2 is 1.75 bits per heavy atom. The van der Waals surface area contributed by atoms with E-state index in [1.807, 2.05) is 27.7 Å². The number of hydrogen-bond donors (Lipinski definition) is 1. The van der Waals surface area contributed by atoms with Crippen LogP contribution in [0.3, 0.4) is 0 Å². The van der Waals surface area contributed by atoms with Crippen LogP contribution >= 0.6 is 0 Å². The van der Waals surface area contributed by atoms with Gasteiger partial charge in [0.2, 0.25) is 0 Å². The van der Waals surface area contributed by atoms with Crippen molar-refractivity contribution in [3.8, 4) is 0 Å². The first-order valence-electron chi connectivity index (χ1n) is 10.6. The molecule has 0 unspecified atom stereocenters. The molecule has 0 spiro atoms. The smallest absolute Gasteiger partial charge is 0.163 e. The molecular weight excluding hydrogens is 356 g/mol. The average molecular weight is 393 g/mol. The number of hydrogen-bond acceptors (Lipinski definition) is 5. The topological polar surface area (TPSA) is 65.0 Å². The van der Waals surface area contributed by atoms with Gasteiger partial charge >= 0.3 is 0 Å². The van der Waals surface area contributed by atoms with Crippen molar-refractivity contribution in [2.75, 3.05) is 0 Å². The summed E-state index contributed by atoms with van der Waals surface area (Å²) in [7, 11) is 0. The van der Waals surface area contributed by atoms with Crippen LogP contribution in [0.2, 0.25) is 0 Å². The van der Waals surface area contributed by atoms with E-state index in [0.717, 1.165) is 6.42 Å². The maximum Gasteiger partial charge on any atom is 0.163 e. The van der Waals surface area contributed by atoms with Gasteiger partial charge in [-0.25, -0.2) is 0 Å². The summed E-state index contributed by atoms with van der Waals surface area (Å²) in [6.07, 6.45) is 2.37. The molecule has 8 atom stereocenters. The Morgan fingerprint density at radius 1 is 1.11 bits per heavy atom. The minimum atomic E-state index is -0.892. The van der Waals surface area contributed by atoms with E-state index in [2.05, 4.69) is 27.4 Å². The van der Waals surface area contributed by atoms with Crippen molar-refractivity contribution in [2.45, 2.75) is 103 Å². The van der Waals surface area contributed by atoms with Gasteiger partial charge in [-0.2, -0.15) is 0 Å². The molecule has 2 saturated heterocycles. The molecule has 0 aromatic carbocycles. The monoisotopic (exact) mass is 392 g/mol. The normalized spacial score (nSPS) is 54.4. The van der Waals surface area contributed by atoms with Gasteiger partial charge < -0.3 is 19.3 Å². The molecule has 4 aliphatic rings. The number of rotatable bonds is 1. The molecule has 2 aliphatic carbocycles. The number of aliphatic hydroxyl groups excluding tert-OH is 1. The highest BCUT2D eigenvalue weighted by atomic mass is 16.8. The Bertz CT molecular complexity index is 714. The van der Waals surface area contributed by atoms with Gasteiger partial charge in [0.1, 0.15) is 17.5 Å². The third-order valence-corrected chi connectivity index (χ3v) is 8.24. The maximum absolute atomic E-state index is 13.6. The van der Waals surface area contributed by atoms with E-state index < -0.39 is 34.4 Å². The van der Waals surface area contributed by atoms with Crippen molar-refractivity contribution in [3.05, 3.63) is 12.7 Å². The van der Waals surface area contributed by atoms with Crippen LogP contribution in [0, 0.1) is 22.7 Å². The minimum Gasteiger partial charge on any atom is -0.393 e. The van der Waals surface area contributed by atoms with Gasteiger partial charge in [0.15, 0.2) is 5.79 Å². The van der Waals surface area contributed by atoms with Crippen molar-refractivity contribution in [1.29, 1.82) is 0 Å². The van der Waals surface area contributed by atoms with E-state index in [9.17, 15) is 9.90 Å². The lowest BCUT2D eigenvalue weighted by Gasteiger charge is -2.67. The zero-order chi connectivity index (χ0) is 20.9. The molecular formula is C23H36O5. The molecule has 0 aromatic rings. The first-order chi connectivity index (χ1) is 12.7. The van der Waals surface area contributed by atoms with Crippen LogP contribution in [0.25, 0.3) is 0 Å². The van der Waals surface area contributed by atoms with E-state index in [0.29, 0.717) is 6.42 Å². The summed E-state index contributed by atoms with van der Waals surface area (Å²) < 4.78 is 19.6. The fourth-order valence-corrected chi connectivity index (χ4v) is 7.34. The fraction of sp³-hybridized carbons (Fsp3) is 0.870. The molecule has 2 heterocycles. The molecule has 4 rings (SSSR count). The number of carbonyl (C=O) groups excluding carboxylic acids is 1. The molecule has 2 aliphatic heterocycles. The number of Topliss-reactive ketones (excluding diaryl/α,β-unsaturated/α-hetero) is 1. The van der Waals surface area contributed by atoms with E-state index >= 15 is 0 Å². The molecule has 0 aromatic heterocycles. The molecule has 0 bridgehead atoms. The second kappa shape index (κ2) is 5.69.